The molecule has 1 aliphatic heterocycles. The van der Waals surface area contributed by atoms with Crippen LogP contribution in [0, 0.1) is 6.92 Å². The standard InChI is InChI=1S/C11H16N2/c1-9-5-6-12-10(8-9)11-4-3-7-13(11)2/h5-6,8,11H,3-4,7H2,1-2H3/t11-/m1/s1. The second kappa shape index (κ2) is 3.46. The van der Waals surface area contributed by atoms with Gasteiger partial charge in [-0.1, -0.05) is 0 Å². The van der Waals surface area contributed by atoms with Gasteiger partial charge in [-0.2, -0.15) is 0 Å². The topological polar surface area (TPSA) is 16.1 Å². The second-order valence-corrected chi connectivity index (χ2v) is 3.90. The van der Waals surface area contributed by atoms with Gasteiger partial charge in [0.05, 0.1) is 11.7 Å². The molecule has 70 valence electrons. The van der Waals surface area contributed by atoms with E-state index in [-0.39, 0.29) is 0 Å². The fraction of sp³-hybridized carbons (Fsp3) is 0.545. The smallest absolute Gasteiger partial charge is 0.0577 e. The Labute approximate surface area is 79.6 Å². The normalized spacial score (nSPS) is 23.7. The molecule has 0 N–H and O–H groups in total. The Balaban J connectivity index is 2.24. The van der Waals surface area contributed by atoms with Crippen molar-refractivity contribution in [1.82, 2.24) is 9.88 Å². The van der Waals surface area contributed by atoms with Crippen molar-refractivity contribution in [2.45, 2.75) is 25.8 Å². The molecule has 1 fully saturated rings. The SMILES string of the molecule is Cc1ccnc([C@H]2CCCN2C)c1. The van der Waals surface area contributed by atoms with Crippen LogP contribution in [0.2, 0.25) is 0 Å². The molecule has 2 nitrogen and oxygen atoms in total. The number of aryl methyl sites for hydroxylation is 1. The largest absolute Gasteiger partial charge is 0.298 e. The summed E-state index contributed by atoms with van der Waals surface area (Å²) in [6, 6.07) is 4.81. The molecule has 0 unspecified atom stereocenters. The first-order valence-corrected chi connectivity index (χ1v) is 4.90. The van der Waals surface area contributed by atoms with Gasteiger partial charge in [-0.05, 0) is 51.1 Å². The van der Waals surface area contributed by atoms with E-state index in [0.717, 1.165) is 0 Å². The van der Waals surface area contributed by atoms with Crippen molar-refractivity contribution >= 4 is 0 Å². The molecule has 0 spiro atoms. The number of hydrogen-bond donors (Lipinski definition) is 0. The van der Waals surface area contributed by atoms with E-state index in [1.807, 2.05) is 6.20 Å². The Morgan fingerprint density at radius 1 is 1.54 bits per heavy atom. The molecule has 0 saturated carbocycles. The Bertz CT molecular complexity index is 296. The zero-order chi connectivity index (χ0) is 9.26. The van der Waals surface area contributed by atoms with Crippen LogP contribution in [0.5, 0.6) is 0 Å². The number of likely N-dealkylation sites (tertiary alicyclic amines) is 1. The van der Waals surface area contributed by atoms with Gasteiger partial charge in [0, 0.05) is 6.20 Å². The summed E-state index contributed by atoms with van der Waals surface area (Å²) in [5.74, 6) is 0. The van der Waals surface area contributed by atoms with Gasteiger partial charge in [-0.3, -0.25) is 9.88 Å². The quantitative estimate of drug-likeness (QED) is 0.652. The summed E-state index contributed by atoms with van der Waals surface area (Å²) in [6.07, 6.45) is 4.47. The third kappa shape index (κ3) is 1.73. The van der Waals surface area contributed by atoms with Gasteiger partial charge in [0.15, 0.2) is 0 Å². The van der Waals surface area contributed by atoms with Crippen LogP contribution in [0.15, 0.2) is 18.3 Å². The molecular formula is C11H16N2. The van der Waals surface area contributed by atoms with Gasteiger partial charge in [0.1, 0.15) is 0 Å². The van der Waals surface area contributed by atoms with Gasteiger partial charge >= 0.3 is 0 Å². The predicted molar refractivity (Wildman–Crippen MR) is 53.6 cm³/mol. The van der Waals surface area contributed by atoms with E-state index in [0.29, 0.717) is 6.04 Å². The van der Waals surface area contributed by atoms with Crippen LogP contribution < -0.4 is 0 Å². The van der Waals surface area contributed by atoms with E-state index < -0.39 is 0 Å². The third-order valence-electron chi connectivity index (χ3n) is 2.80. The lowest BCUT2D eigenvalue weighted by Crippen LogP contribution is -2.18. The highest BCUT2D eigenvalue weighted by atomic mass is 15.2. The minimum atomic E-state index is 0.555. The fourth-order valence-corrected chi connectivity index (χ4v) is 2.03. The van der Waals surface area contributed by atoms with Crippen molar-refractivity contribution in [3.63, 3.8) is 0 Å². The molecule has 0 radical (unpaired) electrons. The highest BCUT2D eigenvalue weighted by molar-refractivity contribution is 5.17. The zero-order valence-electron chi connectivity index (χ0n) is 8.33. The number of hydrogen-bond acceptors (Lipinski definition) is 2. The van der Waals surface area contributed by atoms with Crippen molar-refractivity contribution in [2.75, 3.05) is 13.6 Å². The lowest BCUT2D eigenvalue weighted by atomic mass is 10.1. The van der Waals surface area contributed by atoms with Gasteiger partial charge in [-0.15, -0.1) is 0 Å². The van der Waals surface area contributed by atoms with Crippen molar-refractivity contribution in [3.8, 4) is 0 Å². The lowest BCUT2D eigenvalue weighted by Gasteiger charge is -2.18. The van der Waals surface area contributed by atoms with Crippen LogP contribution in [0.1, 0.15) is 30.1 Å². The maximum Gasteiger partial charge on any atom is 0.0577 e. The first-order valence-electron chi connectivity index (χ1n) is 4.90. The Morgan fingerprint density at radius 3 is 3.00 bits per heavy atom. The minimum Gasteiger partial charge on any atom is -0.298 e. The summed E-state index contributed by atoms with van der Waals surface area (Å²) >= 11 is 0. The van der Waals surface area contributed by atoms with Gasteiger partial charge in [0.25, 0.3) is 0 Å². The molecule has 1 aliphatic rings. The molecule has 2 heterocycles. The van der Waals surface area contributed by atoms with E-state index in [1.54, 1.807) is 0 Å². The molecule has 0 bridgehead atoms. The van der Waals surface area contributed by atoms with Crippen molar-refractivity contribution in [1.29, 1.82) is 0 Å². The predicted octanol–water partition coefficient (Wildman–Crippen LogP) is 2.16. The maximum atomic E-state index is 4.43. The second-order valence-electron chi connectivity index (χ2n) is 3.90. The molecule has 13 heavy (non-hydrogen) atoms. The van der Waals surface area contributed by atoms with Crippen LogP contribution in [-0.2, 0) is 0 Å². The summed E-state index contributed by atoms with van der Waals surface area (Å²) < 4.78 is 0. The summed E-state index contributed by atoms with van der Waals surface area (Å²) in [4.78, 5) is 6.82. The zero-order valence-corrected chi connectivity index (χ0v) is 8.33. The molecule has 0 amide bonds. The number of rotatable bonds is 1. The Kier molecular flexibility index (Phi) is 2.32. The van der Waals surface area contributed by atoms with Gasteiger partial charge in [-0.25, -0.2) is 0 Å². The molecule has 1 atom stereocenters. The molecule has 1 aromatic rings. The van der Waals surface area contributed by atoms with Crippen LogP contribution >= 0.6 is 0 Å². The number of pyridine rings is 1. The van der Waals surface area contributed by atoms with Gasteiger partial charge in [0.2, 0.25) is 0 Å². The van der Waals surface area contributed by atoms with Crippen molar-refractivity contribution < 1.29 is 0 Å². The van der Waals surface area contributed by atoms with E-state index in [2.05, 4.69) is 36.0 Å². The summed E-state index contributed by atoms with van der Waals surface area (Å²) in [5.41, 5.74) is 2.55. The van der Waals surface area contributed by atoms with Crippen LogP contribution in [0.25, 0.3) is 0 Å². The summed E-state index contributed by atoms with van der Waals surface area (Å²) in [5, 5.41) is 0. The molecular weight excluding hydrogens is 160 g/mol. The monoisotopic (exact) mass is 176 g/mol. The highest BCUT2D eigenvalue weighted by Crippen LogP contribution is 2.28. The molecule has 0 aromatic carbocycles. The average molecular weight is 176 g/mol. The molecule has 1 aromatic heterocycles. The molecule has 2 rings (SSSR count). The third-order valence-corrected chi connectivity index (χ3v) is 2.80. The van der Waals surface area contributed by atoms with E-state index in [9.17, 15) is 0 Å². The Hall–Kier alpha value is -0.890. The fourth-order valence-electron chi connectivity index (χ4n) is 2.03. The molecule has 2 heteroatoms. The first-order chi connectivity index (χ1) is 6.27. The van der Waals surface area contributed by atoms with Crippen LogP contribution in [-0.4, -0.2) is 23.5 Å². The lowest BCUT2D eigenvalue weighted by molar-refractivity contribution is 0.312. The molecule has 0 aliphatic carbocycles. The van der Waals surface area contributed by atoms with Crippen molar-refractivity contribution in [3.05, 3.63) is 29.6 Å². The van der Waals surface area contributed by atoms with Crippen molar-refractivity contribution in [2.24, 2.45) is 0 Å². The average Bonchev–Trinajstić information content (AvgIpc) is 2.51. The van der Waals surface area contributed by atoms with Crippen LogP contribution in [0.4, 0.5) is 0 Å². The van der Waals surface area contributed by atoms with E-state index in [4.69, 9.17) is 0 Å². The minimum absolute atomic E-state index is 0.555. The summed E-state index contributed by atoms with van der Waals surface area (Å²) in [6.45, 7) is 3.33. The Morgan fingerprint density at radius 2 is 2.38 bits per heavy atom. The number of aromatic nitrogens is 1. The highest BCUT2D eigenvalue weighted by Gasteiger charge is 2.23. The van der Waals surface area contributed by atoms with Gasteiger partial charge < -0.3 is 0 Å². The molecule has 1 saturated heterocycles. The van der Waals surface area contributed by atoms with Crippen LogP contribution in [0.3, 0.4) is 0 Å². The maximum absolute atomic E-state index is 4.43. The summed E-state index contributed by atoms with van der Waals surface area (Å²) in [7, 11) is 2.18. The number of nitrogens with zero attached hydrogens (tertiary/aromatic N) is 2. The first kappa shape index (κ1) is 8.70. The van der Waals surface area contributed by atoms with E-state index >= 15 is 0 Å². The van der Waals surface area contributed by atoms with E-state index in [1.165, 1.54) is 30.6 Å².